The second-order valence-corrected chi connectivity index (χ2v) is 8.04. The SMILES string of the molecule is Cc1cccc(Cl)c1NC(=O)N1C[C@@H]2CN(C)[C@@H](c3cccc(F)c3)[C@@H]2C1. The lowest BCUT2D eigenvalue weighted by atomic mass is 9.89. The first kappa shape index (κ1) is 18.3. The van der Waals surface area contributed by atoms with E-state index in [1.807, 2.05) is 30.0 Å². The molecule has 2 aliphatic rings. The molecule has 4 nitrogen and oxygen atoms in total. The molecule has 0 aromatic heterocycles. The van der Waals surface area contributed by atoms with Crippen molar-refractivity contribution in [1.29, 1.82) is 0 Å². The van der Waals surface area contributed by atoms with E-state index >= 15 is 0 Å². The Morgan fingerprint density at radius 2 is 1.96 bits per heavy atom. The lowest BCUT2D eigenvalue weighted by Crippen LogP contribution is -2.36. The number of likely N-dealkylation sites (tertiary alicyclic amines) is 2. The number of carbonyl (C=O) groups is 1. The summed E-state index contributed by atoms with van der Waals surface area (Å²) in [6.07, 6.45) is 0. The third kappa shape index (κ3) is 3.42. The van der Waals surface area contributed by atoms with Crippen molar-refractivity contribution < 1.29 is 9.18 Å². The number of halogens is 2. The highest BCUT2D eigenvalue weighted by Crippen LogP contribution is 2.44. The lowest BCUT2D eigenvalue weighted by Gasteiger charge is -2.27. The molecule has 3 atom stereocenters. The number of carbonyl (C=O) groups excluding carboxylic acids is 1. The monoisotopic (exact) mass is 387 g/mol. The summed E-state index contributed by atoms with van der Waals surface area (Å²) in [6, 6.07) is 12.4. The minimum absolute atomic E-state index is 0.124. The van der Waals surface area contributed by atoms with Gasteiger partial charge < -0.3 is 10.2 Å². The summed E-state index contributed by atoms with van der Waals surface area (Å²) in [5.74, 6) is 0.474. The molecule has 2 saturated heterocycles. The molecule has 2 heterocycles. The number of fused-ring (bicyclic) bond motifs is 1. The second-order valence-electron chi connectivity index (χ2n) is 7.63. The van der Waals surface area contributed by atoms with Crippen LogP contribution in [0.15, 0.2) is 42.5 Å². The van der Waals surface area contributed by atoms with E-state index in [1.54, 1.807) is 18.2 Å². The number of anilines is 1. The number of rotatable bonds is 2. The number of nitrogens with zero attached hydrogens (tertiary/aromatic N) is 2. The van der Waals surface area contributed by atoms with Crippen LogP contribution < -0.4 is 5.32 Å². The molecule has 27 heavy (non-hydrogen) atoms. The Labute approximate surface area is 163 Å². The Kier molecular flexibility index (Phi) is 4.82. The second kappa shape index (κ2) is 7.13. The van der Waals surface area contributed by atoms with Gasteiger partial charge in [-0.15, -0.1) is 0 Å². The van der Waals surface area contributed by atoms with Crippen LogP contribution >= 0.6 is 11.6 Å². The molecule has 0 unspecified atom stereocenters. The van der Waals surface area contributed by atoms with Gasteiger partial charge in [-0.2, -0.15) is 0 Å². The Bertz CT molecular complexity index is 854. The van der Waals surface area contributed by atoms with Crippen molar-refractivity contribution >= 4 is 23.3 Å². The summed E-state index contributed by atoms with van der Waals surface area (Å²) < 4.78 is 13.7. The highest BCUT2D eigenvalue weighted by molar-refractivity contribution is 6.33. The van der Waals surface area contributed by atoms with Crippen LogP contribution in [-0.4, -0.2) is 42.5 Å². The van der Waals surface area contributed by atoms with Gasteiger partial charge in [0.2, 0.25) is 0 Å². The fourth-order valence-corrected chi connectivity index (χ4v) is 4.86. The molecular formula is C21H23ClFN3O. The van der Waals surface area contributed by atoms with Gasteiger partial charge in [-0.3, -0.25) is 4.90 Å². The van der Waals surface area contributed by atoms with E-state index in [2.05, 4.69) is 17.3 Å². The molecule has 0 bridgehead atoms. The van der Waals surface area contributed by atoms with Crippen LogP contribution in [-0.2, 0) is 0 Å². The van der Waals surface area contributed by atoms with Crippen molar-refractivity contribution in [2.45, 2.75) is 13.0 Å². The number of urea groups is 1. The summed E-state index contributed by atoms with van der Waals surface area (Å²) in [7, 11) is 2.07. The fourth-order valence-electron chi connectivity index (χ4n) is 4.59. The Morgan fingerprint density at radius 1 is 1.19 bits per heavy atom. The van der Waals surface area contributed by atoms with Crippen LogP contribution in [0.3, 0.4) is 0 Å². The molecule has 6 heteroatoms. The van der Waals surface area contributed by atoms with Gasteiger partial charge in [0.15, 0.2) is 0 Å². The van der Waals surface area contributed by atoms with E-state index in [-0.39, 0.29) is 17.9 Å². The maximum atomic E-state index is 13.7. The number of hydrogen-bond acceptors (Lipinski definition) is 2. The minimum atomic E-state index is -0.217. The maximum Gasteiger partial charge on any atom is 0.321 e. The number of nitrogens with one attached hydrogen (secondary N) is 1. The summed E-state index contributed by atoms with van der Waals surface area (Å²) in [6.45, 7) is 4.19. The van der Waals surface area contributed by atoms with Gasteiger partial charge in [0.1, 0.15) is 5.82 Å². The van der Waals surface area contributed by atoms with Gasteiger partial charge in [-0.25, -0.2) is 9.18 Å². The van der Waals surface area contributed by atoms with Crippen LogP contribution in [0.5, 0.6) is 0 Å². The van der Waals surface area contributed by atoms with Crippen molar-refractivity contribution in [2.75, 3.05) is 32.0 Å². The van der Waals surface area contributed by atoms with Crippen LogP contribution in [0, 0.1) is 24.6 Å². The molecule has 2 amide bonds. The molecule has 0 radical (unpaired) electrons. The highest BCUT2D eigenvalue weighted by atomic mass is 35.5. The molecule has 2 fully saturated rings. The third-order valence-electron chi connectivity index (χ3n) is 5.83. The fraction of sp³-hybridized carbons (Fsp3) is 0.381. The molecule has 1 N–H and O–H groups in total. The van der Waals surface area contributed by atoms with Crippen molar-refractivity contribution in [3.05, 3.63) is 64.4 Å². The van der Waals surface area contributed by atoms with Crippen LogP contribution in [0.2, 0.25) is 5.02 Å². The largest absolute Gasteiger partial charge is 0.324 e. The van der Waals surface area contributed by atoms with Gasteiger partial charge in [0.25, 0.3) is 0 Å². The van der Waals surface area contributed by atoms with E-state index in [9.17, 15) is 9.18 Å². The maximum absolute atomic E-state index is 13.7. The van der Waals surface area contributed by atoms with Gasteiger partial charge in [0, 0.05) is 31.6 Å². The van der Waals surface area contributed by atoms with E-state index in [4.69, 9.17) is 11.6 Å². The first-order valence-corrected chi connectivity index (χ1v) is 9.58. The Morgan fingerprint density at radius 3 is 2.70 bits per heavy atom. The quantitative estimate of drug-likeness (QED) is 0.820. The molecular weight excluding hydrogens is 365 g/mol. The summed E-state index contributed by atoms with van der Waals surface area (Å²) in [4.78, 5) is 16.9. The Balaban J connectivity index is 1.50. The predicted octanol–water partition coefficient (Wildman–Crippen LogP) is 4.55. The van der Waals surface area contributed by atoms with Crippen molar-refractivity contribution in [1.82, 2.24) is 9.80 Å². The number of aryl methyl sites for hydroxylation is 1. The average Bonchev–Trinajstić information content (AvgIpc) is 3.14. The Hall–Kier alpha value is -2.11. The number of hydrogen-bond donors (Lipinski definition) is 1. The van der Waals surface area contributed by atoms with Crippen molar-refractivity contribution in [3.63, 3.8) is 0 Å². The number of amides is 2. The molecule has 2 aromatic rings. The average molecular weight is 388 g/mol. The first-order chi connectivity index (χ1) is 12.9. The minimum Gasteiger partial charge on any atom is -0.324 e. The van der Waals surface area contributed by atoms with E-state index in [0.717, 1.165) is 17.7 Å². The summed E-state index contributed by atoms with van der Waals surface area (Å²) in [5, 5.41) is 3.51. The zero-order valence-electron chi connectivity index (χ0n) is 15.5. The van der Waals surface area contributed by atoms with Crippen LogP contribution in [0.1, 0.15) is 17.2 Å². The van der Waals surface area contributed by atoms with Crippen LogP contribution in [0.25, 0.3) is 0 Å². The van der Waals surface area contributed by atoms with Gasteiger partial charge in [-0.1, -0.05) is 35.9 Å². The number of benzene rings is 2. The van der Waals surface area contributed by atoms with Gasteiger partial charge in [-0.05, 0) is 49.2 Å². The summed E-state index contributed by atoms with van der Waals surface area (Å²) >= 11 is 6.24. The van der Waals surface area contributed by atoms with Crippen molar-refractivity contribution in [3.8, 4) is 0 Å². The molecule has 0 aliphatic carbocycles. The van der Waals surface area contributed by atoms with E-state index in [1.165, 1.54) is 6.07 Å². The van der Waals surface area contributed by atoms with Gasteiger partial charge >= 0.3 is 6.03 Å². The third-order valence-corrected chi connectivity index (χ3v) is 6.14. The van der Waals surface area contributed by atoms with Crippen molar-refractivity contribution in [2.24, 2.45) is 11.8 Å². The molecule has 0 saturated carbocycles. The first-order valence-electron chi connectivity index (χ1n) is 9.21. The molecule has 2 aliphatic heterocycles. The van der Waals surface area contributed by atoms with Gasteiger partial charge in [0.05, 0.1) is 10.7 Å². The molecule has 0 spiro atoms. The van der Waals surface area contributed by atoms with E-state index in [0.29, 0.717) is 35.6 Å². The smallest absolute Gasteiger partial charge is 0.321 e. The standard InChI is InChI=1S/C21H23ClFN3O/c1-13-5-3-8-18(22)19(13)24-21(27)26-11-15-10-25(2)20(17(15)12-26)14-6-4-7-16(23)9-14/h3-9,15,17,20H,10-12H2,1-2H3,(H,24,27)/t15-,17+,20-/m0/s1. The summed E-state index contributed by atoms with van der Waals surface area (Å²) in [5.41, 5.74) is 2.59. The highest BCUT2D eigenvalue weighted by Gasteiger charge is 2.47. The molecule has 142 valence electrons. The molecule has 2 aromatic carbocycles. The predicted molar refractivity (Wildman–Crippen MR) is 106 cm³/mol. The zero-order valence-corrected chi connectivity index (χ0v) is 16.2. The van der Waals surface area contributed by atoms with Crippen LogP contribution in [0.4, 0.5) is 14.9 Å². The normalized spacial score (nSPS) is 24.9. The molecule has 4 rings (SSSR count). The zero-order chi connectivity index (χ0) is 19.1. The number of para-hydroxylation sites is 1. The topological polar surface area (TPSA) is 35.6 Å². The van der Waals surface area contributed by atoms with E-state index < -0.39 is 0 Å². The lowest BCUT2D eigenvalue weighted by molar-refractivity contribution is 0.205.